The number of rotatable bonds is 46. The Morgan fingerprint density at radius 2 is 0.912 bits per heavy atom. The number of amides is 1. The number of hydrogen-bond donors (Lipinski definition) is 6. The summed E-state index contributed by atoms with van der Waals surface area (Å²) in [6.45, 7) is 3.71. The highest BCUT2D eigenvalue weighted by Gasteiger charge is 2.44. The van der Waals surface area contributed by atoms with E-state index in [1.54, 1.807) is 0 Å². The molecule has 0 aromatic rings. The molecule has 1 fully saturated rings. The van der Waals surface area contributed by atoms with Gasteiger partial charge >= 0.3 is 0 Å². The Hall–Kier alpha value is -2.63. The monoisotopic (exact) mass is 954 g/mol. The highest BCUT2D eigenvalue weighted by atomic mass is 16.7. The first-order valence-corrected chi connectivity index (χ1v) is 27.8. The second-order valence-corrected chi connectivity index (χ2v) is 19.0. The van der Waals surface area contributed by atoms with E-state index in [0.717, 1.165) is 89.9 Å². The van der Waals surface area contributed by atoms with Gasteiger partial charge in [-0.1, -0.05) is 234 Å². The van der Waals surface area contributed by atoms with Crippen molar-refractivity contribution in [3.8, 4) is 0 Å². The molecular formula is C59H103NO8. The van der Waals surface area contributed by atoms with Crippen LogP contribution in [0.4, 0.5) is 0 Å². The van der Waals surface area contributed by atoms with Gasteiger partial charge in [-0.2, -0.15) is 0 Å². The van der Waals surface area contributed by atoms with Crippen molar-refractivity contribution in [2.45, 2.75) is 269 Å². The Kier molecular flexibility index (Phi) is 44.8. The Labute approximate surface area is 416 Å². The molecule has 1 aliphatic heterocycles. The molecule has 0 aromatic heterocycles. The van der Waals surface area contributed by atoms with Crippen molar-refractivity contribution in [2.75, 3.05) is 13.2 Å². The van der Waals surface area contributed by atoms with Crippen molar-refractivity contribution in [1.29, 1.82) is 0 Å². The van der Waals surface area contributed by atoms with E-state index >= 15 is 0 Å². The maximum absolute atomic E-state index is 13.0. The van der Waals surface area contributed by atoms with Crippen LogP contribution in [0.5, 0.6) is 0 Å². The third-order valence-corrected chi connectivity index (χ3v) is 12.8. The van der Waals surface area contributed by atoms with Crippen molar-refractivity contribution >= 4 is 5.91 Å². The molecule has 1 rings (SSSR count). The molecule has 0 bridgehead atoms. The van der Waals surface area contributed by atoms with Gasteiger partial charge in [0.2, 0.25) is 5.91 Å². The molecule has 0 aliphatic carbocycles. The predicted octanol–water partition coefficient (Wildman–Crippen LogP) is 13.5. The maximum Gasteiger partial charge on any atom is 0.220 e. The van der Waals surface area contributed by atoms with Crippen LogP contribution in [0, 0.1) is 0 Å². The van der Waals surface area contributed by atoms with E-state index in [2.05, 4.69) is 104 Å². The lowest BCUT2D eigenvalue weighted by Crippen LogP contribution is -2.60. The van der Waals surface area contributed by atoms with E-state index in [-0.39, 0.29) is 12.5 Å². The van der Waals surface area contributed by atoms with Crippen molar-refractivity contribution in [1.82, 2.24) is 5.32 Å². The minimum atomic E-state index is -1.56. The number of aliphatic hydroxyl groups is 5. The van der Waals surface area contributed by atoms with Gasteiger partial charge in [0.15, 0.2) is 6.29 Å². The van der Waals surface area contributed by atoms with Crippen LogP contribution >= 0.6 is 0 Å². The number of unbranched alkanes of at least 4 members (excludes halogenated alkanes) is 22. The number of carbonyl (C=O) groups excluding carboxylic acids is 1. The average molecular weight is 954 g/mol. The molecule has 9 heteroatoms. The fourth-order valence-electron chi connectivity index (χ4n) is 8.38. The minimum absolute atomic E-state index is 0.142. The Balaban J connectivity index is 2.16. The van der Waals surface area contributed by atoms with E-state index < -0.39 is 49.5 Å². The molecule has 1 aliphatic rings. The number of carbonyl (C=O) groups is 1. The molecule has 7 atom stereocenters. The third-order valence-electron chi connectivity index (χ3n) is 12.8. The summed E-state index contributed by atoms with van der Waals surface area (Å²) in [6, 6.07) is -0.724. The highest BCUT2D eigenvalue weighted by Crippen LogP contribution is 2.23. The summed E-state index contributed by atoms with van der Waals surface area (Å²) < 4.78 is 11.3. The van der Waals surface area contributed by atoms with Gasteiger partial charge in [-0.15, -0.1) is 0 Å². The highest BCUT2D eigenvalue weighted by molar-refractivity contribution is 5.76. The summed E-state index contributed by atoms with van der Waals surface area (Å²) in [6.07, 6.45) is 60.4. The molecule has 392 valence electrons. The summed E-state index contributed by atoms with van der Waals surface area (Å²) in [4.78, 5) is 13.0. The summed E-state index contributed by atoms with van der Waals surface area (Å²) >= 11 is 0. The van der Waals surface area contributed by atoms with Crippen LogP contribution < -0.4 is 5.32 Å². The topological polar surface area (TPSA) is 149 Å². The van der Waals surface area contributed by atoms with Crippen LogP contribution in [-0.2, 0) is 14.3 Å². The molecule has 7 unspecified atom stereocenters. The molecule has 68 heavy (non-hydrogen) atoms. The van der Waals surface area contributed by atoms with Gasteiger partial charge in [0, 0.05) is 6.42 Å². The molecule has 0 aromatic carbocycles. The second-order valence-electron chi connectivity index (χ2n) is 19.0. The first kappa shape index (κ1) is 63.4. The zero-order valence-corrected chi connectivity index (χ0v) is 43.3. The molecule has 1 amide bonds. The van der Waals surface area contributed by atoms with Crippen LogP contribution in [0.25, 0.3) is 0 Å². The molecule has 0 spiro atoms. The number of aliphatic hydroxyl groups excluding tert-OH is 5. The van der Waals surface area contributed by atoms with Gasteiger partial charge in [-0.3, -0.25) is 4.79 Å². The Morgan fingerprint density at radius 3 is 1.35 bits per heavy atom. The largest absolute Gasteiger partial charge is 0.394 e. The number of hydrogen-bond acceptors (Lipinski definition) is 8. The lowest BCUT2D eigenvalue weighted by atomic mass is 9.99. The zero-order valence-electron chi connectivity index (χ0n) is 43.3. The van der Waals surface area contributed by atoms with E-state index in [0.29, 0.717) is 12.8 Å². The first-order valence-electron chi connectivity index (χ1n) is 27.8. The van der Waals surface area contributed by atoms with Gasteiger partial charge in [0.05, 0.1) is 25.4 Å². The van der Waals surface area contributed by atoms with Crippen LogP contribution in [0.3, 0.4) is 0 Å². The van der Waals surface area contributed by atoms with Gasteiger partial charge < -0.3 is 40.3 Å². The molecular weight excluding hydrogens is 851 g/mol. The summed E-state index contributed by atoms with van der Waals surface area (Å²) in [5, 5.41) is 54.5. The molecule has 1 saturated heterocycles. The van der Waals surface area contributed by atoms with E-state index in [1.165, 1.54) is 109 Å². The van der Waals surface area contributed by atoms with Gasteiger partial charge in [-0.05, 0) is 70.6 Å². The number of ether oxygens (including phenoxy) is 2. The first-order chi connectivity index (χ1) is 33.3. The normalized spacial score (nSPS) is 20.2. The molecule has 6 N–H and O–H groups in total. The van der Waals surface area contributed by atoms with Crippen LogP contribution in [-0.4, -0.2) is 87.5 Å². The van der Waals surface area contributed by atoms with E-state index in [9.17, 15) is 30.3 Å². The minimum Gasteiger partial charge on any atom is -0.394 e. The average Bonchev–Trinajstić information content (AvgIpc) is 3.34. The molecule has 0 saturated carbocycles. The maximum atomic E-state index is 13.0. The van der Waals surface area contributed by atoms with Crippen molar-refractivity contribution < 1.29 is 39.8 Å². The molecule has 1 heterocycles. The second kappa shape index (κ2) is 48.0. The molecule has 0 radical (unpaired) electrons. The number of nitrogens with one attached hydrogen (secondary N) is 1. The predicted molar refractivity (Wildman–Crippen MR) is 285 cm³/mol. The lowest BCUT2D eigenvalue weighted by molar-refractivity contribution is -0.302. The summed E-state index contributed by atoms with van der Waals surface area (Å²) in [7, 11) is 0. The fourth-order valence-corrected chi connectivity index (χ4v) is 8.38. The van der Waals surface area contributed by atoms with Crippen LogP contribution in [0.2, 0.25) is 0 Å². The van der Waals surface area contributed by atoms with Crippen LogP contribution in [0.15, 0.2) is 85.1 Å². The fraction of sp³-hybridized carbons (Fsp3) is 0.746. The van der Waals surface area contributed by atoms with Crippen molar-refractivity contribution in [2.24, 2.45) is 0 Å². The van der Waals surface area contributed by atoms with Crippen molar-refractivity contribution in [3.05, 3.63) is 85.1 Å². The van der Waals surface area contributed by atoms with Gasteiger partial charge in [-0.25, -0.2) is 0 Å². The zero-order chi connectivity index (χ0) is 49.4. The Bertz CT molecular complexity index is 1340. The summed E-state index contributed by atoms with van der Waals surface area (Å²) in [5.41, 5.74) is 0. The van der Waals surface area contributed by atoms with E-state index in [1.807, 2.05) is 0 Å². The quantitative estimate of drug-likeness (QED) is 0.0261. The standard InChI is InChI=1S/C59H103NO8/c1-3-5-7-9-11-13-15-17-18-19-20-21-22-23-24-25-26-27-28-29-30-31-32-33-34-35-36-37-39-41-43-45-47-49-55(63)60-52(51-67-59-58(66)57(65)56(64)54(50-61)68-59)53(62)48-46-44-42-40-38-16-14-12-10-8-6-4-2/h5,7,11,13,17-18,20-21,23-24,26-27,29-30,52-54,56-59,61-62,64-66H,3-4,6,8-10,12,14-16,19,22,25,28,31-51H2,1-2H3,(H,60,63)/b7-5-,13-11-,18-17-,21-20-,24-23-,27-26-,30-29-. The lowest BCUT2D eigenvalue weighted by Gasteiger charge is -2.40. The van der Waals surface area contributed by atoms with Gasteiger partial charge in [0.1, 0.15) is 24.4 Å². The SMILES string of the molecule is CC/C=C\C/C=C\C/C=C\C/C=C\C/C=C\C/C=C\C/C=C\CCCCCCCCCCCCCC(=O)NC(COC1OC(CO)C(O)C(O)C1O)C(O)CCCCCCCCCCCCCC. The smallest absolute Gasteiger partial charge is 0.220 e. The van der Waals surface area contributed by atoms with Gasteiger partial charge in [0.25, 0.3) is 0 Å². The van der Waals surface area contributed by atoms with Crippen LogP contribution in [0.1, 0.15) is 226 Å². The third kappa shape index (κ3) is 37.2. The molecule has 9 nitrogen and oxygen atoms in total. The van der Waals surface area contributed by atoms with Crippen molar-refractivity contribution in [3.63, 3.8) is 0 Å². The number of allylic oxidation sites excluding steroid dienone is 14. The van der Waals surface area contributed by atoms with E-state index in [4.69, 9.17) is 9.47 Å². The Morgan fingerprint density at radius 1 is 0.515 bits per heavy atom. The summed E-state index contributed by atoms with van der Waals surface area (Å²) in [5.74, 6) is -0.151.